The first kappa shape index (κ1) is 16.0. The number of fused-ring (bicyclic) bond motifs is 2. The number of allylic oxidation sites excluding steroid dienone is 2. The molecule has 23 heavy (non-hydrogen) atoms. The molecule has 0 saturated heterocycles. The lowest BCUT2D eigenvalue weighted by molar-refractivity contribution is -0.166. The van der Waals surface area contributed by atoms with Gasteiger partial charge in [-0.1, -0.05) is 39.8 Å². The number of ketones is 1. The summed E-state index contributed by atoms with van der Waals surface area (Å²) < 4.78 is 11.5. The zero-order chi connectivity index (χ0) is 16.9. The summed E-state index contributed by atoms with van der Waals surface area (Å²) in [5.74, 6) is -0.180. The van der Waals surface area contributed by atoms with Crippen LogP contribution in [-0.4, -0.2) is 11.8 Å². The molecule has 0 bridgehead atoms. The van der Waals surface area contributed by atoms with Gasteiger partial charge in [-0.2, -0.15) is 0 Å². The van der Waals surface area contributed by atoms with Crippen LogP contribution >= 0.6 is 0 Å². The van der Waals surface area contributed by atoms with Crippen LogP contribution in [0, 0.1) is 30.1 Å². The summed E-state index contributed by atoms with van der Waals surface area (Å²) in [6.45, 7) is 9.74. The normalized spacial score (nSPS) is 32.6. The highest BCUT2D eigenvalue weighted by Gasteiger charge is 2.57. The molecular weight excluding hydrogens is 292 g/mol. The molecule has 2 aliphatic carbocycles. The lowest BCUT2D eigenvalue weighted by atomic mass is 9.56. The van der Waals surface area contributed by atoms with Crippen molar-refractivity contribution in [2.45, 2.75) is 47.1 Å². The average Bonchev–Trinajstić information content (AvgIpc) is 2.87. The molecule has 0 aromatic carbocycles. The zero-order valence-corrected chi connectivity index (χ0v) is 14.4. The lowest BCUT2D eigenvalue weighted by Crippen LogP contribution is -2.49. The number of aryl methyl sites for hydroxylation is 1. The third-order valence-electron chi connectivity index (χ3n) is 5.61. The summed E-state index contributed by atoms with van der Waals surface area (Å²) in [7, 11) is 0. The third kappa shape index (κ3) is 2.19. The molecule has 4 atom stereocenters. The topological polar surface area (TPSA) is 56.5 Å². The highest BCUT2D eigenvalue weighted by Crippen LogP contribution is 2.57. The van der Waals surface area contributed by atoms with Gasteiger partial charge in [-0.25, -0.2) is 0 Å². The van der Waals surface area contributed by atoms with Crippen LogP contribution in [0.4, 0.5) is 0 Å². The van der Waals surface area contributed by atoms with Crippen LogP contribution in [0.15, 0.2) is 22.8 Å². The van der Waals surface area contributed by atoms with Gasteiger partial charge in [0.1, 0.15) is 6.10 Å². The van der Waals surface area contributed by atoms with Gasteiger partial charge in [-0.15, -0.1) is 0 Å². The van der Waals surface area contributed by atoms with Crippen molar-refractivity contribution in [3.05, 3.63) is 35.3 Å². The number of carbonyl (C=O) groups is 2. The minimum atomic E-state index is -0.450. The van der Waals surface area contributed by atoms with E-state index in [9.17, 15) is 9.59 Å². The molecule has 1 aromatic rings. The summed E-state index contributed by atoms with van der Waals surface area (Å²) in [6.07, 6.45) is 6.03. The van der Waals surface area contributed by atoms with Crippen LogP contribution in [0.25, 0.3) is 0 Å². The third-order valence-corrected chi connectivity index (χ3v) is 5.61. The van der Waals surface area contributed by atoms with E-state index in [1.165, 1.54) is 0 Å². The molecule has 0 fully saturated rings. The van der Waals surface area contributed by atoms with Crippen molar-refractivity contribution in [3.63, 3.8) is 0 Å². The Morgan fingerprint density at radius 1 is 1.43 bits per heavy atom. The molecule has 2 aliphatic rings. The Morgan fingerprint density at radius 2 is 2.13 bits per heavy atom. The molecule has 0 amide bonds. The number of Topliss-reactive ketones (excluding diaryl/α,β-unsaturated/α-hetero) is 1. The van der Waals surface area contributed by atoms with Crippen molar-refractivity contribution in [1.82, 2.24) is 0 Å². The fraction of sp³-hybridized carbons (Fsp3) is 0.579. The molecule has 0 radical (unpaired) electrons. The molecule has 3 rings (SSSR count). The van der Waals surface area contributed by atoms with E-state index in [1.54, 1.807) is 6.26 Å². The van der Waals surface area contributed by atoms with E-state index in [2.05, 4.69) is 19.9 Å². The Kier molecular flexibility index (Phi) is 3.74. The second-order valence-corrected chi connectivity index (χ2v) is 7.41. The monoisotopic (exact) mass is 316 g/mol. The first-order chi connectivity index (χ1) is 10.8. The summed E-state index contributed by atoms with van der Waals surface area (Å²) in [5.41, 5.74) is 1.18. The Morgan fingerprint density at radius 3 is 2.78 bits per heavy atom. The van der Waals surface area contributed by atoms with Crippen LogP contribution < -0.4 is 0 Å². The lowest BCUT2D eigenvalue weighted by Gasteiger charge is -2.49. The summed E-state index contributed by atoms with van der Waals surface area (Å²) in [4.78, 5) is 25.2. The predicted molar refractivity (Wildman–Crippen MR) is 86.0 cm³/mol. The maximum atomic E-state index is 12.9. The van der Waals surface area contributed by atoms with E-state index in [0.29, 0.717) is 5.76 Å². The van der Waals surface area contributed by atoms with Crippen molar-refractivity contribution in [2.75, 3.05) is 0 Å². The molecule has 1 heterocycles. The van der Waals surface area contributed by atoms with Crippen molar-refractivity contribution in [2.24, 2.45) is 23.2 Å². The minimum absolute atomic E-state index is 0.00440. The van der Waals surface area contributed by atoms with Crippen LogP contribution in [0.3, 0.4) is 0 Å². The van der Waals surface area contributed by atoms with E-state index in [4.69, 9.17) is 9.15 Å². The predicted octanol–water partition coefficient (Wildman–Crippen LogP) is 4.24. The van der Waals surface area contributed by atoms with Gasteiger partial charge in [0.25, 0.3) is 0 Å². The molecule has 0 spiro atoms. The summed E-state index contributed by atoms with van der Waals surface area (Å²) in [5, 5.41) is 0. The fourth-order valence-electron chi connectivity index (χ4n) is 3.84. The quantitative estimate of drug-likeness (QED) is 0.605. The number of furan rings is 1. The maximum Gasteiger partial charge on any atom is 0.309 e. The number of ether oxygens (including phenoxy) is 1. The molecule has 0 N–H and O–H groups in total. The van der Waals surface area contributed by atoms with Gasteiger partial charge in [0.15, 0.2) is 5.76 Å². The molecule has 4 nitrogen and oxygen atoms in total. The van der Waals surface area contributed by atoms with Gasteiger partial charge in [0.05, 0.1) is 18.1 Å². The van der Waals surface area contributed by atoms with Crippen LogP contribution in [0.5, 0.6) is 0 Å². The first-order valence-electron chi connectivity index (χ1n) is 8.27. The minimum Gasteiger partial charge on any atom is -0.460 e. The summed E-state index contributed by atoms with van der Waals surface area (Å²) in [6, 6.07) is 0. The van der Waals surface area contributed by atoms with E-state index in [-0.39, 0.29) is 29.5 Å². The Bertz CT molecular complexity index is 682. The molecule has 0 saturated carbocycles. The van der Waals surface area contributed by atoms with Gasteiger partial charge in [-0.05, 0) is 24.8 Å². The largest absolute Gasteiger partial charge is 0.460 e. The fourth-order valence-corrected chi connectivity index (χ4v) is 3.84. The number of carbonyl (C=O) groups excluding carboxylic acids is 2. The van der Waals surface area contributed by atoms with Gasteiger partial charge < -0.3 is 9.15 Å². The standard InChI is InChI=1S/C19H24O4/c1-10(2)18(21)23-17-14-11(3)9-22-16(14)15(20)13-8-6-7-12(4)19(13,17)5/h6,8-10,12-13,17H,7H2,1-5H3. The highest BCUT2D eigenvalue weighted by molar-refractivity contribution is 6.00. The molecule has 1 aromatic heterocycles. The second-order valence-electron chi connectivity index (χ2n) is 7.41. The van der Waals surface area contributed by atoms with Crippen LogP contribution in [-0.2, 0) is 9.53 Å². The Hall–Kier alpha value is -1.84. The molecule has 4 heteroatoms. The molecule has 0 aliphatic heterocycles. The molecule has 4 unspecified atom stereocenters. The van der Waals surface area contributed by atoms with Gasteiger partial charge >= 0.3 is 5.97 Å². The average molecular weight is 316 g/mol. The van der Waals surface area contributed by atoms with E-state index in [0.717, 1.165) is 17.5 Å². The molecular formula is C19H24O4. The van der Waals surface area contributed by atoms with Gasteiger partial charge in [-0.3, -0.25) is 9.59 Å². The van der Waals surface area contributed by atoms with Gasteiger partial charge in [0, 0.05) is 11.0 Å². The smallest absolute Gasteiger partial charge is 0.309 e. The van der Waals surface area contributed by atoms with Crippen LogP contribution in [0.1, 0.15) is 61.9 Å². The number of hydrogen-bond donors (Lipinski definition) is 0. The van der Waals surface area contributed by atoms with Gasteiger partial charge in [0.2, 0.25) is 5.78 Å². The van der Waals surface area contributed by atoms with Crippen molar-refractivity contribution in [3.8, 4) is 0 Å². The SMILES string of the molecule is Cc1coc2c1C(OC(=O)C(C)C)C1(C)C(C)CC=CC1C2=O. The number of hydrogen-bond acceptors (Lipinski definition) is 4. The van der Waals surface area contributed by atoms with E-state index < -0.39 is 11.5 Å². The maximum absolute atomic E-state index is 12.9. The van der Waals surface area contributed by atoms with E-state index >= 15 is 0 Å². The number of esters is 1. The highest BCUT2D eigenvalue weighted by atomic mass is 16.5. The van der Waals surface area contributed by atoms with Crippen LogP contribution in [0.2, 0.25) is 0 Å². The van der Waals surface area contributed by atoms with E-state index in [1.807, 2.05) is 26.8 Å². The zero-order valence-electron chi connectivity index (χ0n) is 14.4. The van der Waals surface area contributed by atoms with Crippen molar-refractivity contribution < 1.29 is 18.7 Å². The Balaban J connectivity index is 2.17. The Labute approximate surface area is 136 Å². The summed E-state index contributed by atoms with van der Waals surface area (Å²) >= 11 is 0. The molecule has 124 valence electrons. The van der Waals surface area contributed by atoms with Crippen molar-refractivity contribution >= 4 is 11.8 Å². The first-order valence-corrected chi connectivity index (χ1v) is 8.27. The second kappa shape index (κ2) is 5.36. The van der Waals surface area contributed by atoms with Crippen molar-refractivity contribution in [1.29, 1.82) is 0 Å². The number of rotatable bonds is 2.